The Hall–Kier alpha value is -1.03. The van der Waals surface area contributed by atoms with Crippen LogP contribution in [0, 0.1) is 0 Å². The standard InChI is InChI=1S/C8H15N3O/c1-8(2,12)3-4-11-5-7(9)10-6-11/h5-6,12H,3-4,9H2,1-2H3. The Labute approximate surface area is 72.0 Å². The van der Waals surface area contributed by atoms with E-state index in [9.17, 15) is 5.11 Å². The van der Waals surface area contributed by atoms with Crippen LogP contribution < -0.4 is 5.73 Å². The van der Waals surface area contributed by atoms with E-state index in [-0.39, 0.29) is 0 Å². The normalized spacial score (nSPS) is 11.9. The SMILES string of the molecule is CC(C)(O)CCn1cnc(N)c1. The zero-order chi connectivity index (χ0) is 9.19. The first kappa shape index (κ1) is 9.06. The number of hydrogen-bond acceptors (Lipinski definition) is 3. The molecule has 0 bridgehead atoms. The van der Waals surface area contributed by atoms with Gasteiger partial charge in [0, 0.05) is 12.7 Å². The Morgan fingerprint density at radius 1 is 1.67 bits per heavy atom. The summed E-state index contributed by atoms with van der Waals surface area (Å²) in [5.41, 5.74) is 4.80. The lowest BCUT2D eigenvalue weighted by molar-refractivity contribution is 0.0662. The van der Waals surface area contributed by atoms with Crippen LogP contribution in [0.2, 0.25) is 0 Å². The average molecular weight is 169 g/mol. The summed E-state index contributed by atoms with van der Waals surface area (Å²) in [5.74, 6) is 0.519. The van der Waals surface area contributed by atoms with Crippen LogP contribution in [0.15, 0.2) is 12.5 Å². The van der Waals surface area contributed by atoms with Gasteiger partial charge in [-0.2, -0.15) is 0 Å². The van der Waals surface area contributed by atoms with E-state index in [0.29, 0.717) is 12.2 Å². The third-order valence-corrected chi connectivity index (χ3v) is 1.64. The zero-order valence-electron chi connectivity index (χ0n) is 7.49. The molecule has 0 amide bonds. The summed E-state index contributed by atoms with van der Waals surface area (Å²) in [6.07, 6.45) is 4.12. The summed E-state index contributed by atoms with van der Waals surface area (Å²) < 4.78 is 1.87. The van der Waals surface area contributed by atoms with Crippen LogP contribution in [0.5, 0.6) is 0 Å². The fraction of sp³-hybridized carbons (Fsp3) is 0.625. The van der Waals surface area contributed by atoms with E-state index in [4.69, 9.17) is 5.73 Å². The zero-order valence-corrected chi connectivity index (χ0v) is 7.49. The Morgan fingerprint density at radius 2 is 2.33 bits per heavy atom. The molecular weight excluding hydrogens is 154 g/mol. The molecule has 1 aromatic rings. The largest absolute Gasteiger partial charge is 0.390 e. The van der Waals surface area contributed by atoms with Crippen molar-refractivity contribution in [1.29, 1.82) is 0 Å². The minimum atomic E-state index is -0.626. The third-order valence-electron chi connectivity index (χ3n) is 1.64. The molecule has 4 heteroatoms. The van der Waals surface area contributed by atoms with E-state index in [2.05, 4.69) is 4.98 Å². The molecule has 0 atom stereocenters. The second kappa shape index (κ2) is 3.15. The highest BCUT2D eigenvalue weighted by Gasteiger charge is 2.11. The van der Waals surface area contributed by atoms with Crippen molar-refractivity contribution in [3.63, 3.8) is 0 Å². The summed E-state index contributed by atoms with van der Waals surface area (Å²) in [6, 6.07) is 0. The molecule has 0 unspecified atom stereocenters. The first-order valence-electron chi connectivity index (χ1n) is 3.97. The highest BCUT2D eigenvalue weighted by atomic mass is 16.3. The lowest BCUT2D eigenvalue weighted by Crippen LogP contribution is -2.20. The maximum absolute atomic E-state index is 9.42. The molecule has 68 valence electrons. The van der Waals surface area contributed by atoms with Crippen LogP contribution in [-0.4, -0.2) is 20.3 Å². The lowest BCUT2D eigenvalue weighted by atomic mass is 10.1. The Morgan fingerprint density at radius 3 is 2.75 bits per heavy atom. The van der Waals surface area contributed by atoms with Gasteiger partial charge in [0.2, 0.25) is 0 Å². The number of nitrogens with two attached hydrogens (primary N) is 1. The van der Waals surface area contributed by atoms with Gasteiger partial charge in [0.25, 0.3) is 0 Å². The van der Waals surface area contributed by atoms with Crippen LogP contribution in [0.25, 0.3) is 0 Å². The number of rotatable bonds is 3. The van der Waals surface area contributed by atoms with E-state index in [0.717, 1.165) is 6.54 Å². The number of aryl methyl sites for hydroxylation is 1. The van der Waals surface area contributed by atoms with Crippen LogP contribution >= 0.6 is 0 Å². The molecule has 0 aromatic carbocycles. The second-order valence-corrected chi connectivity index (χ2v) is 3.60. The molecule has 1 aromatic heterocycles. The molecule has 1 rings (SSSR count). The number of nitrogen functional groups attached to an aromatic ring is 1. The highest BCUT2D eigenvalue weighted by molar-refractivity contribution is 5.22. The first-order chi connectivity index (χ1) is 5.47. The number of aromatic nitrogens is 2. The van der Waals surface area contributed by atoms with Gasteiger partial charge >= 0.3 is 0 Å². The van der Waals surface area contributed by atoms with Crippen molar-refractivity contribution >= 4 is 5.82 Å². The van der Waals surface area contributed by atoms with Gasteiger partial charge in [0.05, 0.1) is 11.9 Å². The molecular formula is C8H15N3O. The molecule has 1 heterocycles. The van der Waals surface area contributed by atoms with E-state index < -0.39 is 5.60 Å². The molecule has 0 aliphatic rings. The van der Waals surface area contributed by atoms with Gasteiger partial charge in [0.15, 0.2) is 0 Å². The summed E-state index contributed by atoms with van der Waals surface area (Å²) in [5, 5.41) is 9.42. The van der Waals surface area contributed by atoms with Crippen molar-refractivity contribution < 1.29 is 5.11 Å². The summed E-state index contributed by atoms with van der Waals surface area (Å²) in [6.45, 7) is 4.31. The molecule has 3 N–H and O–H groups in total. The van der Waals surface area contributed by atoms with Gasteiger partial charge in [-0.1, -0.05) is 0 Å². The van der Waals surface area contributed by atoms with Gasteiger partial charge in [-0.15, -0.1) is 0 Å². The maximum Gasteiger partial charge on any atom is 0.141 e. The number of hydrogen-bond donors (Lipinski definition) is 2. The van der Waals surface area contributed by atoms with Crippen LogP contribution in [0.4, 0.5) is 5.82 Å². The first-order valence-corrected chi connectivity index (χ1v) is 3.97. The van der Waals surface area contributed by atoms with Crippen LogP contribution in [-0.2, 0) is 6.54 Å². The quantitative estimate of drug-likeness (QED) is 0.697. The predicted octanol–water partition coefficient (Wildman–Crippen LogP) is 0.626. The minimum absolute atomic E-state index is 0.519. The fourth-order valence-electron chi connectivity index (χ4n) is 0.902. The molecule has 12 heavy (non-hydrogen) atoms. The Kier molecular flexibility index (Phi) is 2.38. The second-order valence-electron chi connectivity index (χ2n) is 3.60. The van der Waals surface area contributed by atoms with Gasteiger partial charge in [0.1, 0.15) is 5.82 Å². The number of nitrogens with zero attached hydrogens (tertiary/aromatic N) is 2. The minimum Gasteiger partial charge on any atom is -0.390 e. The lowest BCUT2D eigenvalue weighted by Gasteiger charge is -2.16. The fourth-order valence-corrected chi connectivity index (χ4v) is 0.902. The molecule has 4 nitrogen and oxygen atoms in total. The van der Waals surface area contributed by atoms with E-state index in [1.807, 2.05) is 4.57 Å². The highest BCUT2D eigenvalue weighted by Crippen LogP contribution is 2.09. The summed E-state index contributed by atoms with van der Waals surface area (Å²) in [4.78, 5) is 3.88. The molecule has 0 spiro atoms. The molecule has 0 aliphatic carbocycles. The topological polar surface area (TPSA) is 64.1 Å². The Bertz CT molecular complexity index is 249. The summed E-state index contributed by atoms with van der Waals surface area (Å²) in [7, 11) is 0. The third kappa shape index (κ3) is 2.92. The van der Waals surface area contributed by atoms with E-state index in [1.54, 1.807) is 26.4 Å². The molecule has 0 radical (unpaired) electrons. The smallest absolute Gasteiger partial charge is 0.141 e. The monoisotopic (exact) mass is 169 g/mol. The Balaban J connectivity index is 2.44. The maximum atomic E-state index is 9.42. The number of anilines is 1. The number of imidazole rings is 1. The van der Waals surface area contributed by atoms with Gasteiger partial charge < -0.3 is 15.4 Å². The molecule has 0 fully saturated rings. The van der Waals surface area contributed by atoms with Crippen molar-refractivity contribution in [2.45, 2.75) is 32.4 Å². The summed E-state index contributed by atoms with van der Waals surface area (Å²) >= 11 is 0. The molecule has 0 aliphatic heterocycles. The van der Waals surface area contributed by atoms with Gasteiger partial charge in [-0.25, -0.2) is 4.98 Å². The number of aliphatic hydroxyl groups is 1. The van der Waals surface area contributed by atoms with Crippen molar-refractivity contribution in [3.05, 3.63) is 12.5 Å². The van der Waals surface area contributed by atoms with Crippen molar-refractivity contribution in [2.24, 2.45) is 0 Å². The van der Waals surface area contributed by atoms with Crippen LogP contribution in [0.1, 0.15) is 20.3 Å². The van der Waals surface area contributed by atoms with E-state index in [1.165, 1.54) is 0 Å². The average Bonchev–Trinajstić information content (AvgIpc) is 2.30. The van der Waals surface area contributed by atoms with Crippen molar-refractivity contribution in [1.82, 2.24) is 9.55 Å². The van der Waals surface area contributed by atoms with E-state index >= 15 is 0 Å². The molecule has 0 saturated carbocycles. The van der Waals surface area contributed by atoms with Crippen molar-refractivity contribution in [2.75, 3.05) is 5.73 Å². The van der Waals surface area contributed by atoms with Gasteiger partial charge in [-0.05, 0) is 20.3 Å². The predicted molar refractivity (Wildman–Crippen MR) is 47.6 cm³/mol. The van der Waals surface area contributed by atoms with Gasteiger partial charge in [-0.3, -0.25) is 0 Å². The molecule has 0 saturated heterocycles. The van der Waals surface area contributed by atoms with Crippen LogP contribution in [0.3, 0.4) is 0 Å². The van der Waals surface area contributed by atoms with Crippen molar-refractivity contribution in [3.8, 4) is 0 Å².